The number of nitro benzene ring substituents is 1. The Morgan fingerprint density at radius 1 is 1.55 bits per heavy atom. The quantitative estimate of drug-likeness (QED) is 0.461. The predicted octanol–water partition coefficient (Wildman–Crippen LogP) is 1.52. The molecular formula is C13H14N2O5. The van der Waals surface area contributed by atoms with Gasteiger partial charge >= 0.3 is 5.97 Å². The monoisotopic (exact) mass is 278 g/mol. The van der Waals surface area contributed by atoms with Crippen LogP contribution in [0.2, 0.25) is 0 Å². The highest BCUT2D eigenvalue weighted by Crippen LogP contribution is 2.28. The van der Waals surface area contributed by atoms with E-state index in [1.807, 2.05) is 0 Å². The summed E-state index contributed by atoms with van der Waals surface area (Å²) in [5.74, 6) is 1.54. The van der Waals surface area contributed by atoms with Crippen LogP contribution in [-0.4, -0.2) is 35.7 Å². The number of terminal acetylenes is 1. The fourth-order valence-corrected chi connectivity index (χ4v) is 1.62. The van der Waals surface area contributed by atoms with Gasteiger partial charge in [-0.25, -0.2) is 0 Å². The van der Waals surface area contributed by atoms with E-state index in [0.29, 0.717) is 18.0 Å². The van der Waals surface area contributed by atoms with Gasteiger partial charge in [0.25, 0.3) is 5.69 Å². The third kappa shape index (κ3) is 4.17. The molecule has 1 aromatic rings. The number of aliphatic carboxylic acids is 1. The summed E-state index contributed by atoms with van der Waals surface area (Å²) in [6, 6.07) is 4.07. The molecular weight excluding hydrogens is 264 g/mol. The van der Waals surface area contributed by atoms with E-state index in [1.54, 1.807) is 6.92 Å². The molecule has 0 spiro atoms. The summed E-state index contributed by atoms with van der Waals surface area (Å²) in [4.78, 5) is 22.5. The van der Waals surface area contributed by atoms with Crippen molar-refractivity contribution in [2.45, 2.75) is 6.92 Å². The van der Waals surface area contributed by atoms with Crippen LogP contribution in [0.5, 0.6) is 5.75 Å². The number of hydrogen-bond donors (Lipinski definition) is 1. The molecule has 20 heavy (non-hydrogen) atoms. The topological polar surface area (TPSA) is 92.9 Å². The second-order valence-electron chi connectivity index (χ2n) is 3.83. The van der Waals surface area contributed by atoms with Crippen LogP contribution in [0.3, 0.4) is 0 Å². The Bertz CT molecular complexity index is 550. The maximum Gasteiger partial charge on any atom is 0.323 e. The van der Waals surface area contributed by atoms with Crippen molar-refractivity contribution in [3.05, 3.63) is 28.3 Å². The molecule has 0 fully saturated rings. The molecule has 106 valence electrons. The predicted molar refractivity (Wildman–Crippen MR) is 72.9 cm³/mol. The zero-order valence-electron chi connectivity index (χ0n) is 10.9. The van der Waals surface area contributed by atoms with Crippen molar-refractivity contribution >= 4 is 17.3 Å². The van der Waals surface area contributed by atoms with Gasteiger partial charge in [-0.3, -0.25) is 14.9 Å². The molecule has 0 aromatic heterocycles. The van der Waals surface area contributed by atoms with Gasteiger partial charge in [-0.15, -0.1) is 6.42 Å². The van der Waals surface area contributed by atoms with E-state index >= 15 is 0 Å². The van der Waals surface area contributed by atoms with Crippen LogP contribution in [-0.2, 0) is 4.79 Å². The zero-order chi connectivity index (χ0) is 15.1. The fraction of sp³-hybridized carbons (Fsp3) is 0.308. The number of carboxylic acid groups (broad SMARTS) is 1. The maximum atomic E-state index is 10.9. The molecule has 0 aliphatic carbocycles. The molecule has 0 bridgehead atoms. The number of ether oxygens (including phenoxy) is 1. The number of carbonyl (C=O) groups is 1. The molecule has 0 radical (unpaired) electrons. The minimum absolute atomic E-state index is 0.0268. The zero-order valence-corrected chi connectivity index (χ0v) is 10.9. The van der Waals surface area contributed by atoms with Gasteiger partial charge in [-0.1, -0.05) is 5.92 Å². The standard InChI is InChI=1S/C13H14N2O5/c1-3-5-14(9-13(16)17)10-6-11(15(18)19)8-12(7-10)20-4-2/h1,6-8H,4-5,9H2,2H3,(H,16,17). The highest BCUT2D eigenvalue weighted by molar-refractivity contribution is 5.74. The van der Waals surface area contributed by atoms with Crippen LogP contribution in [0.4, 0.5) is 11.4 Å². The Kier molecular flexibility index (Phi) is 5.35. The number of non-ortho nitro benzene ring substituents is 1. The summed E-state index contributed by atoms with van der Waals surface area (Å²) in [7, 11) is 0. The van der Waals surface area contributed by atoms with Crippen molar-refractivity contribution < 1.29 is 19.6 Å². The molecule has 0 amide bonds. The van der Waals surface area contributed by atoms with Gasteiger partial charge in [0.15, 0.2) is 0 Å². The Morgan fingerprint density at radius 3 is 2.75 bits per heavy atom. The number of rotatable bonds is 7. The van der Waals surface area contributed by atoms with Gasteiger partial charge in [0, 0.05) is 17.8 Å². The van der Waals surface area contributed by atoms with Crippen molar-refractivity contribution in [1.29, 1.82) is 0 Å². The van der Waals surface area contributed by atoms with E-state index < -0.39 is 10.9 Å². The smallest absolute Gasteiger partial charge is 0.323 e. The Hall–Kier alpha value is -2.75. The van der Waals surface area contributed by atoms with Crippen LogP contribution >= 0.6 is 0 Å². The van der Waals surface area contributed by atoms with Crippen molar-refractivity contribution in [2.24, 2.45) is 0 Å². The number of anilines is 1. The SMILES string of the molecule is C#CCN(CC(=O)O)c1cc(OCC)cc([N+](=O)[O-])c1. The molecule has 0 saturated heterocycles. The minimum atomic E-state index is -1.08. The molecule has 7 nitrogen and oxygen atoms in total. The summed E-state index contributed by atoms with van der Waals surface area (Å²) < 4.78 is 5.24. The highest BCUT2D eigenvalue weighted by atomic mass is 16.6. The van der Waals surface area contributed by atoms with Crippen LogP contribution in [0.1, 0.15) is 6.92 Å². The largest absolute Gasteiger partial charge is 0.494 e. The average Bonchev–Trinajstić information content (AvgIpc) is 2.37. The number of carboxylic acids is 1. The average molecular weight is 278 g/mol. The van der Waals surface area contributed by atoms with Crippen molar-refractivity contribution in [3.8, 4) is 18.1 Å². The molecule has 1 aromatic carbocycles. The lowest BCUT2D eigenvalue weighted by atomic mass is 10.2. The summed E-state index contributed by atoms with van der Waals surface area (Å²) >= 11 is 0. The summed E-state index contributed by atoms with van der Waals surface area (Å²) in [6.07, 6.45) is 5.19. The Balaban J connectivity index is 3.21. The molecule has 0 aliphatic heterocycles. The van der Waals surface area contributed by atoms with Gasteiger partial charge in [0.2, 0.25) is 0 Å². The lowest BCUT2D eigenvalue weighted by Gasteiger charge is -2.20. The van der Waals surface area contributed by atoms with Gasteiger partial charge < -0.3 is 14.7 Å². The van der Waals surface area contributed by atoms with Crippen molar-refractivity contribution in [2.75, 3.05) is 24.6 Å². The summed E-state index contributed by atoms with van der Waals surface area (Å²) in [6.45, 7) is 1.76. The summed E-state index contributed by atoms with van der Waals surface area (Å²) in [5, 5.41) is 19.7. The van der Waals surface area contributed by atoms with Gasteiger partial charge in [0.05, 0.1) is 24.1 Å². The second-order valence-corrected chi connectivity index (χ2v) is 3.83. The third-order valence-electron chi connectivity index (χ3n) is 2.37. The third-order valence-corrected chi connectivity index (χ3v) is 2.37. The normalized spacial score (nSPS) is 9.60. The Morgan fingerprint density at radius 2 is 2.25 bits per heavy atom. The van der Waals surface area contributed by atoms with Crippen LogP contribution in [0.15, 0.2) is 18.2 Å². The first-order chi connectivity index (χ1) is 9.47. The second kappa shape index (κ2) is 6.99. The number of hydrogen-bond acceptors (Lipinski definition) is 5. The molecule has 1 rings (SSSR count). The maximum absolute atomic E-state index is 10.9. The van der Waals surface area contributed by atoms with Crippen LogP contribution in [0.25, 0.3) is 0 Å². The molecule has 0 unspecified atom stereocenters. The molecule has 0 heterocycles. The van der Waals surface area contributed by atoms with Gasteiger partial charge in [-0.05, 0) is 6.92 Å². The Labute approximate surface area is 115 Å². The van der Waals surface area contributed by atoms with E-state index in [0.717, 1.165) is 0 Å². The summed E-state index contributed by atoms with van der Waals surface area (Å²) in [5.41, 5.74) is 0.154. The van der Waals surface area contributed by atoms with E-state index in [9.17, 15) is 14.9 Å². The molecule has 0 saturated carbocycles. The number of benzene rings is 1. The van der Waals surface area contributed by atoms with E-state index in [-0.39, 0.29) is 18.8 Å². The fourth-order valence-electron chi connectivity index (χ4n) is 1.62. The number of nitro groups is 1. The van der Waals surface area contributed by atoms with E-state index in [4.69, 9.17) is 16.3 Å². The molecule has 0 atom stereocenters. The first-order valence-electron chi connectivity index (χ1n) is 5.80. The molecule has 7 heteroatoms. The van der Waals surface area contributed by atoms with Crippen molar-refractivity contribution in [1.82, 2.24) is 0 Å². The van der Waals surface area contributed by atoms with Crippen LogP contribution < -0.4 is 9.64 Å². The molecule has 1 N–H and O–H groups in total. The van der Waals surface area contributed by atoms with Gasteiger partial charge in [0.1, 0.15) is 12.3 Å². The first-order valence-corrected chi connectivity index (χ1v) is 5.80. The lowest BCUT2D eigenvalue weighted by Crippen LogP contribution is -2.30. The van der Waals surface area contributed by atoms with Crippen molar-refractivity contribution in [3.63, 3.8) is 0 Å². The number of nitrogens with zero attached hydrogens (tertiary/aromatic N) is 2. The van der Waals surface area contributed by atoms with Gasteiger partial charge in [-0.2, -0.15) is 0 Å². The first kappa shape index (κ1) is 15.3. The van der Waals surface area contributed by atoms with Crippen LogP contribution in [0, 0.1) is 22.5 Å². The van der Waals surface area contributed by atoms with E-state index in [2.05, 4.69) is 5.92 Å². The molecule has 0 aliphatic rings. The minimum Gasteiger partial charge on any atom is -0.494 e. The lowest BCUT2D eigenvalue weighted by molar-refractivity contribution is -0.384. The highest BCUT2D eigenvalue weighted by Gasteiger charge is 2.16. The van der Waals surface area contributed by atoms with E-state index in [1.165, 1.54) is 23.1 Å².